The van der Waals surface area contributed by atoms with Crippen molar-refractivity contribution in [3.8, 4) is 5.75 Å². The van der Waals surface area contributed by atoms with Gasteiger partial charge in [0.15, 0.2) is 0 Å². The van der Waals surface area contributed by atoms with Crippen molar-refractivity contribution >= 4 is 18.0 Å². The molecule has 1 heterocycles. The average Bonchev–Trinajstić information content (AvgIpc) is 2.44. The molecule has 110 valence electrons. The lowest BCUT2D eigenvalue weighted by Crippen LogP contribution is -2.24. The van der Waals surface area contributed by atoms with E-state index in [1.807, 2.05) is 37.3 Å². The number of carboxylic acids is 1. The molecule has 2 N–H and O–H groups in total. The molecular formula is C16H17NO4. The van der Waals surface area contributed by atoms with Crippen LogP contribution in [0.1, 0.15) is 18.9 Å². The van der Waals surface area contributed by atoms with Gasteiger partial charge in [0.2, 0.25) is 5.91 Å². The number of hydrogen-bond donors (Lipinski definition) is 2. The Labute approximate surface area is 122 Å². The third kappa shape index (κ3) is 4.21. The minimum Gasteiger partial charge on any atom is -0.485 e. The number of ether oxygens (including phenoxy) is 1. The van der Waals surface area contributed by atoms with Crippen molar-refractivity contribution in [3.05, 3.63) is 47.6 Å². The normalized spacial score (nSPS) is 16.8. The molecule has 1 atom stereocenters. The molecule has 2 rings (SSSR count). The minimum absolute atomic E-state index is 0.0881. The summed E-state index contributed by atoms with van der Waals surface area (Å²) in [7, 11) is 0. The van der Waals surface area contributed by atoms with E-state index in [1.165, 1.54) is 6.08 Å². The Morgan fingerprint density at radius 2 is 2.14 bits per heavy atom. The fourth-order valence-electron chi connectivity index (χ4n) is 1.97. The lowest BCUT2D eigenvalue weighted by Gasteiger charge is -2.22. The molecule has 0 saturated carbocycles. The molecule has 0 fully saturated rings. The first kappa shape index (κ1) is 14.8. The number of fused-ring (bicyclic) bond motifs is 1. The number of carboxylic acid groups (broad SMARTS) is 1. The summed E-state index contributed by atoms with van der Waals surface area (Å²) in [5, 5.41) is 11.0. The van der Waals surface area contributed by atoms with E-state index in [4.69, 9.17) is 9.84 Å². The van der Waals surface area contributed by atoms with Crippen LogP contribution < -0.4 is 10.1 Å². The second-order valence-corrected chi connectivity index (χ2v) is 4.71. The molecule has 0 spiro atoms. The van der Waals surface area contributed by atoms with Gasteiger partial charge in [-0.05, 0) is 30.7 Å². The standard InChI is InChI=1S/C16H17NO4/c1-11-12(6-7-15(18)17-9-8-16(19)20)10-13-4-2-3-5-14(13)21-11/h2-7,10-11H,8-9H2,1H3,(H,17,18)(H,19,20)/b7-6+. The van der Waals surface area contributed by atoms with Crippen molar-refractivity contribution in [1.82, 2.24) is 5.32 Å². The van der Waals surface area contributed by atoms with E-state index in [9.17, 15) is 9.59 Å². The van der Waals surface area contributed by atoms with Crippen LogP contribution in [0, 0.1) is 0 Å². The molecular weight excluding hydrogens is 270 g/mol. The van der Waals surface area contributed by atoms with Gasteiger partial charge in [0.05, 0.1) is 6.42 Å². The van der Waals surface area contributed by atoms with Crippen LogP contribution in [-0.4, -0.2) is 29.6 Å². The van der Waals surface area contributed by atoms with Crippen LogP contribution >= 0.6 is 0 Å². The highest BCUT2D eigenvalue weighted by Crippen LogP contribution is 2.29. The van der Waals surface area contributed by atoms with E-state index >= 15 is 0 Å². The first-order chi connectivity index (χ1) is 10.1. The van der Waals surface area contributed by atoms with E-state index in [-0.39, 0.29) is 25.0 Å². The maximum Gasteiger partial charge on any atom is 0.305 e. The second-order valence-electron chi connectivity index (χ2n) is 4.71. The first-order valence-corrected chi connectivity index (χ1v) is 6.71. The summed E-state index contributed by atoms with van der Waals surface area (Å²) >= 11 is 0. The van der Waals surface area contributed by atoms with Crippen LogP contribution in [-0.2, 0) is 9.59 Å². The number of carbonyl (C=O) groups excluding carboxylic acids is 1. The third-order valence-corrected chi connectivity index (χ3v) is 3.08. The van der Waals surface area contributed by atoms with E-state index in [2.05, 4.69) is 5.32 Å². The number of rotatable bonds is 5. The van der Waals surface area contributed by atoms with Crippen molar-refractivity contribution in [2.24, 2.45) is 0 Å². The average molecular weight is 287 g/mol. The topological polar surface area (TPSA) is 75.6 Å². The molecule has 1 aromatic carbocycles. The van der Waals surface area contributed by atoms with E-state index in [1.54, 1.807) is 6.08 Å². The van der Waals surface area contributed by atoms with Crippen molar-refractivity contribution in [2.45, 2.75) is 19.4 Å². The molecule has 1 aliphatic rings. The van der Waals surface area contributed by atoms with Crippen LogP contribution in [0.2, 0.25) is 0 Å². The summed E-state index contributed by atoms with van der Waals surface area (Å²) < 4.78 is 5.76. The molecule has 0 radical (unpaired) electrons. The van der Waals surface area contributed by atoms with Crippen molar-refractivity contribution in [2.75, 3.05) is 6.54 Å². The molecule has 0 bridgehead atoms. The van der Waals surface area contributed by atoms with Gasteiger partial charge in [0, 0.05) is 18.2 Å². The van der Waals surface area contributed by atoms with Gasteiger partial charge in [0.25, 0.3) is 0 Å². The monoisotopic (exact) mass is 287 g/mol. The SMILES string of the molecule is CC1Oc2ccccc2C=C1/C=C/C(=O)NCCC(=O)O. The number of benzene rings is 1. The molecule has 0 saturated heterocycles. The molecule has 1 amide bonds. The quantitative estimate of drug-likeness (QED) is 0.812. The van der Waals surface area contributed by atoms with Crippen LogP contribution in [0.4, 0.5) is 0 Å². The Morgan fingerprint density at radius 3 is 2.90 bits per heavy atom. The molecule has 5 heteroatoms. The molecule has 1 aromatic rings. The zero-order chi connectivity index (χ0) is 15.2. The number of nitrogens with one attached hydrogen (secondary N) is 1. The zero-order valence-electron chi connectivity index (χ0n) is 11.7. The molecule has 0 aliphatic carbocycles. The lowest BCUT2D eigenvalue weighted by molar-refractivity contribution is -0.136. The van der Waals surface area contributed by atoms with Gasteiger partial charge >= 0.3 is 5.97 Å². The van der Waals surface area contributed by atoms with Gasteiger partial charge in [-0.25, -0.2) is 0 Å². The molecule has 1 aliphatic heterocycles. The van der Waals surface area contributed by atoms with Crippen molar-refractivity contribution < 1.29 is 19.4 Å². The number of carbonyl (C=O) groups is 2. The summed E-state index contributed by atoms with van der Waals surface area (Å²) in [6.45, 7) is 2.03. The van der Waals surface area contributed by atoms with Gasteiger partial charge in [-0.1, -0.05) is 18.2 Å². The number of amides is 1. The van der Waals surface area contributed by atoms with Gasteiger partial charge in [-0.3, -0.25) is 9.59 Å². The fraction of sp³-hybridized carbons (Fsp3) is 0.250. The summed E-state index contributed by atoms with van der Waals surface area (Å²) in [6.07, 6.45) is 4.83. The number of para-hydroxylation sites is 1. The number of hydrogen-bond acceptors (Lipinski definition) is 3. The summed E-state index contributed by atoms with van der Waals surface area (Å²) in [4.78, 5) is 21.9. The molecule has 0 aromatic heterocycles. The highest BCUT2D eigenvalue weighted by Gasteiger charge is 2.16. The van der Waals surface area contributed by atoms with Gasteiger partial charge in [-0.2, -0.15) is 0 Å². The smallest absolute Gasteiger partial charge is 0.305 e. The predicted octanol–water partition coefficient (Wildman–Crippen LogP) is 2.00. The van der Waals surface area contributed by atoms with Crippen LogP contribution in [0.15, 0.2) is 42.0 Å². The Bertz CT molecular complexity index is 604. The Kier molecular flexibility index (Phi) is 4.77. The highest BCUT2D eigenvalue weighted by molar-refractivity contribution is 5.88. The molecule has 5 nitrogen and oxygen atoms in total. The van der Waals surface area contributed by atoms with Crippen LogP contribution in [0.3, 0.4) is 0 Å². The summed E-state index contributed by atoms with van der Waals surface area (Å²) in [6, 6.07) is 7.69. The zero-order valence-corrected chi connectivity index (χ0v) is 11.7. The Balaban J connectivity index is 1.99. The highest BCUT2D eigenvalue weighted by atomic mass is 16.5. The summed E-state index contributed by atoms with van der Waals surface area (Å²) in [5.41, 5.74) is 1.86. The third-order valence-electron chi connectivity index (χ3n) is 3.08. The second kappa shape index (κ2) is 6.74. The minimum atomic E-state index is -0.937. The predicted molar refractivity (Wildman–Crippen MR) is 78.9 cm³/mol. The van der Waals surface area contributed by atoms with Gasteiger partial charge in [0.1, 0.15) is 11.9 Å². The first-order valence-electron chi connectivity index (χ1n) is 6.71. The van der Waals surface area contributed by atoms with Crippen molar-refractivity contribution in [3.63, 3.8) is 0 Å². The fourth-order valence-corrected chi connectivity index (χ4v) is 1.97. The lowest BCUT2D eigenvalue weighted by atomic mass is 10.0. The van der Waals surface area contributed by atoms with E-state index < -0.39 is 5.97 Å². The van der Waals surface area contributed by atoms with Crippen LogP contribution in [0.25, 0.3) is 6.08 Å². The maximum atomic E-state index is 11.6. The molecule has 21 heavy (non-hydrogen) atoms. The van der Waals surface area contributed by atoms with E-state index in [0.29, 0.717) is 0 Å². The molecule has 1 unspecified atom stereocenters. The van der Waals surface area contributed by atoms with E-state index in [0.717, 1.165) is 16.9 Å². The van der Waals surface area contributed by atoms with Crippen LogP contribution in [0.5, 0.6) is 5.75 Å². The van der Waals surface area contributed by atoms with Crippen molar-refractivity contribution in [1.29, 1.82) is 0 Å². The Morgan fingerprint density at radius 1 is 1.38 bits per heavy atom. The van der Waals surface area contributed by atoms with Gasteiger partial charge in [-0.15, -0.1) is 0 Å². The maximum absolute atomic E-state index is 11.6. The largest absolute Gasteiger partial charge is 0.485 e. The number of aliphatic carboxylic acids is 1. The Hall–Kier alpha value is -2.56. The van der Waals surface area contributed by atoms with Gasteiger partial charge < -0.3 is 15.2 Å². The summed E-state index contributed by atoms with van der Waals surface area (Å²) in [5.74, 6) is -0.427.